The van der Waals surface area contributed by atoms with Gasteiger partial charge in [0, 0.05) is 37.9 Å². The van der Waals surface area contributed by atoms with Crippen LogP contribution in [-0.2, 0) is 11.3 Å². The molecule has 1 aliphatic rings. The fourth-order valence-corrected chi connectivity index (χ4v) is 3.00. The number of anilines is 2. The Morgan fingerprint density at radius 3 is 2.88 bits per heavy atom. The molecule has 24 heavy (non-hydrogen) atoms. The van der Waals surface area contributed by atoms with Gasteiger partial charge in [0.05, 0.1) is 0 Å². The third-order valence-corrected chi connectivity index (χ3v) is 4.52. The van der Waals surface area contributed by atoms with Gasteiger partial charge in [-0.25, -0.2) is 9.97 Å². The molecular weight excluding hydrogens is 328 g/mol. The van der Waals surface area contributed by atoms with E-state index in [1.54, 1.807) is 12.4 Å². The lowest BCUT2D eigenvalue weighted by atomic mass is 9.96. The first-order chi connectivity index (χ1) is 11.6. The minimum Gasteiger partial charge on any atom is -0.382 e. The highest BCUT2D eigenvalue weighted by Crippen LogP contribution is 2.30. The van der Waals surface area contributed by atoms with E-state index in [4.69, 9.17) is 17.3 Å². The first-order valence-corrected chi connectivity index (χ1v) is 8.20. The molecule has 0 saturated carbocycles. The van der Waals surface area contributed by atoms with Crippen LogP contribution in [0.25, 0.3) is 0 Å². The predicted molar refractivity (Wildman–Crippen MR) is 92.5 cm³/mol. The van der Waals surface area contributed by atoms with Crippen molar-refractivity contribution < 1.29 is 4.79 Å². The number of aromatic nitrogens is 3. The molecule has 0 unspecified atom stereocenters. The number of rotatable bonds is 4. The lowest BCUT2D eigenvalue weighted by Gasteiger charge is -2.32. The van der Waals surface area contributed by atoms with E-state index >= 15 is 0 Å². The monoisotopic (exact) mass is 346 g/mol. The Hall–Kier alpha value is -2.41. The van der Waals surface area contributed by atoms with Crippen LogP contribution in [0.3, 0.4) is 0 Å². The van der Waals surface area contributed by atoms with E-state index in [0.717, 1.165) is 18.4 Å². The Bertz CT molecular complexity index is 703. The third-order valence-electron chi connectivity index (χ3n) is 4.15. The normalized spacial score (nSPS) is 15.3. The van der Waals surface area contributed by atoms with Gasteiger partial charge < -0.3 is 16.0 Å². The summed E-state index contributed by atoms with van der Waals surface area (Å²) in [5.41, 5.74) is 6.71. The molecule has 0 atom stereocenters. The topological polar surface area (TPSA) is 97.0 Å². The number of halogens is 1. The van der Waals surface area contributed by atoms with Crippen LogP contribution in [-0.4, -0.2) is 33.9 Å². The van der Waals surface area contributed by atoms with Crippen LogP contribution in [0.4, 0.5) is 11.6 Å². The van der Waals surface area contributed by atoms with Crippen molar-refractivity contribution in [1.82, 2.24) is 20.3 Å². The number of nitrogens with two attached hydrogens (primary N) is 1. The van der Waals surface area contributed by atoms with Crippen LogP contribution in [0.5, 0.6) is 0 Å². The van der Waals surface area contributed by atoms with Crippen molar-refractivity contribution in [3.8, 4) is 0 Å². The zero-order chi connectivity index (χ0) is 16.9. The van der Waals surface area contributed by atoms with Gasteiger partial charge in [0.25, 0.3) is 0 Å². The molecule has 3 N–H and O–H groups in total. The molecule has 0 aliphatic carbocycles. The number of carbonyl (C=O) groups is 1. The maximum atomic E-state index is 12.3. The van der Waals surface area contributed by atoms with E-state index < -0.39 is 0 Å². The molecule has 3 rings (SSSR count). The van der Waals surface area contributed by atoms with Crippen LogP contribution < -0.4 is 16.0 Å². The number of nitrogens with zero attached hydrogens (tertiary/aromatic N) is 4. The summed E-state index contributed by atoms with van der Waals surface area (Å²) in [4.78, 5) is 26.5. The molecule has 0 aromatic carbocycles. The maximum Gasteiger partial charge on any atom is 0.223 e. The zero-order valence-corrected chi connectivity index (χ0v) is 13.9. The minimum absolute atomic E-state index is 0.00381. The molecule has 2 aromatic heterocycles. The fraction of sp³-hybridized carbons (Fsp3) is 0.375. The second kappa shape index (κ2) is 7.44. The molecule has 1 amide bonds. The molecule has 126 valence electrons. The fourth-order valence-electron chi connectivity index (χ4n) is 2.78. The summed E-state index contributed by atoms with van der Waals surface area (Å²) in [5.74, 6) is 0.985. The lowest BCUT2D eigenvalue weighted by molar-refractivity contribution is -0.125. The van der Waals surface area contributed by atoms with Crippen molar-refractivity contribution in [3.05, 3.63) is 41.4 Å². The number of nitrogens with one attached hydrogen (secondary N) is 1. The van der Waals surface area contributed by atoms with Crippen LogP contribution in [0.1, 0.15) is 18.4 Å². The van der Waals surface area contributed by atoms with Gasteiger partial charge in [-0.05, 0) is 24.5 Å². The summed E-state index contributed by atoms with van der Waals surface area (Å²) >= 11 is 6.17. The quantitative estimate of drug-likeness (QED) is 0.873. The molecule has 0 bridgehead atoms. The van der Waals surface area contributed by atoms with E-state index in [2.05, 4.69) is 20.3 Å². The molecule has 1 saturated heterocycles. The Labute approximate surface area is 145 Å². The lowest BCUT2D eigenvalue weighted by Crippen LogP contribution is -2.40. The standard InChI is InChI=1S/C16H19ClN6O/c17-13-14(18)21-10-22-15(13)23-6-3-12(4-7-23)16(24)20-9-11-2-1-5-19-8-11/h1-2,5,8,10,12H,3-4,6-7,9H2,(H,20,24)(H2,18,21,22). The van der Waals surface area contributed by atoms with Crippen LogP contribution >= 0.6 is 11.6 Å². The highest BCUT2D eigenvalue weighted by molar-refractivity contribution is 6.35. The molecule has 0 spiro atoms. The van der Waals surface area contributed by atoms with Gasteiger partial charge >= 0.3 is 0 Å². The third kappa shape index (κ3) is 3.73. The van der Waals surface area contributed by atoms with Crippen LogP contribution in [0.15, 0.2) is 30.9 Å². The highest BCUT2D eigenvalue weighted by Gasteiger charge is 2.26. The molecule has 3 heterocycles. The van der Waals surface area contributed by atoms with E-state index in [9.17, 15) is 4.79 Å². The molecular formula is C16H19ClN6O. The number of amides is 1. The first kappa shape index (κ1) is 16.4. The Kier molecular flexibility index (Phi) is 5.10. The molecule has 0 radical (unpaired) electrons. The molecule has 1 aliphatic heterocycles. The van der Waals surface area contributed by atoms with Crippen molar-refractivity contribution in [1.29, 1.82) is 0 Å². The van der Waals surface area contributed by atoms with Crippen LogP contribution in [0.2, 0.25) is 5.02 Å². The van der Waals surface area contributed by atoms with Gasteiger partial charge in [-0.1, -0.05) is 17.7 Å². The van der Waals surface area contributed by atoms with Gasteiger partial charge in [-0.3, -0.25) is 9.78 Å². The number of nitrogen functional groups attached to an aromatic ring is 1. The summed E-state index contributed by atoms with van der Waals surface area (Å²) < 4.78 is 0. The van der Waals surface area contributed by atoms with Crippen molar-refractivity contribution >= 4 is 29.1 Å². The molecule has 1 fully saturated rings. The number of piperidine rings is 1. The summed E-state index contributed by atoms with van der Waals surface area (Å²) in [6, 6.07) is 3.80. The predicted octanol–water partition coefficient (Wildman–Crippen LogP) is 1.64. The Morgan fingerprint density at radius 2 is 2.17 bits per heavy atom. The smallest absolute Gasteiger partial charge is 0.223 e. The van der Waals surface area contributed by atoms with E-state index in [0.29, 0.717) is 30.5 Å². The van der Waals surface area contributed by atoms with Gasteiger partial charge in [-0.15, -0.1) is 0 Å². The minimum atomic E-state index is -0.00381. The molecule has 2 aromatic rings. The SMILES string of the molecule is Nc1ncnc(N2CCC(C(=O)NCc3cccnc3)CC2)c1Cl. The van der Waals surface area contributed by atoms with Gasteiger partial charge in [0.2, 0.25) is 5.91 Å². The summed E-state index contributed by atoms with van der Waals surface area (Å²) in [7, 11) is 0. The second-order valence-corrected chi connectivity index (χ2v) is 6.11. The largest absolute Gasteiger partial charge is 0.382 e. The van der Waals surface area contributed by atoms with Crippen molar-refractivity contribution in [3.63, 3.8) is 0 Å². The van der Waals surface area contributed by atoms with Gasteiger partial charge in [0.1, 0.15) is 17.2 Å². The van der Waals surface area contributed by atoms with Gasteiger partial charge in [0.15, 0.2) is 5.82 Å². The number of hydrogen-bond donors (Lipinski definition) is 2. The van der Waals surface area contributed by atoms with Gasteiger partial charge in [-0.2, -0.15) is 0 Å². The number of pyridine rings is 1. The highest BCUT2D eigenvalue weighted by atomic mass is 35.5. The van der Waals surface area contributed by atoms with E-state index in [1.165, 1.54) is 6.33 Å². The average molecular weight is 347 g/mol. The maximum absolute atomic E-state index is 12.3. The number of hydrogen-bond acceptors (Lipinski definition) is 6. The molecule has 8 heteroatoms. The Morgan fingerprint density at radius 1 is 1.38 bits per heavy atom. The summed E-state index contributed by atoms with van der Waals surface area (Å²) in [6.07, 6.45) is 6.37. The van der Waals surface area contributed by atoms with E-state index in [-0.39, 0.29) is 17.6 Å². The first-order valence-electron chi connectivity index (χ1n) is 7.82. The molecule has 7 nitrogen and oxygen atoms in total. The Balaban J connectivity index is 1.53. The number of carbonyl (C=O) groups excluding carboxylic acids is 1. The van der Waals surface area contributed by atoms with Crippen LogP contribution in [0, 0.1) is 5.92 Å². The zero-order valence-electron chi connectivity index (χ0n) is 13.2. The van der Waals surface area contributed by atoms with Crippen molar-refractivity contribution in [2.24, 2.45) is 5.92 Å². The van der Waals surface area contributed by atoms with Crippen molar-refractivity contribution in [2.75, 3.05) is 23.7 Å². The summed E-state index contributed by atoms with van der Waals surface area (Å²) in [5, 5.41) is 3.35. The second-order valence-electron chi connectivity index (χ2n) is 5.74. The average Bonchev–Trinajstić information content (AvgIpc) is 2.63. The van der Waals surface area contributed by atoms with Crippen molar-refractivity contribution in [2.45, 2.75) is 19.4 Å². The van der Waals surface area contributed by atoms with E-state index in [1.807, 2.05) is 17.0 Å². The summed E-state index contributed by atoms with van der Waals surface area (Å²) in [6.45, 7) is 1.92.